The molecule has 0 atom stereocenters. The van der Waals surface area contributed by atoms with Crippen LogP contribution >= 0.6 is 23.5 Å². The van der Waals surface area contributed by atoms with Crippen LogP contribution in [-0.4, -0.2) is 0 Å². The molecule has 0 saturated carbocycles. The molecule has 0 aromatic heterocycles. The molecule has 0 aliphatic carbocycles. The molecule has 2 aliphatic rings. The minimum Gasteiger partial charge on any atom is -0.308 e. The predicted molar refractivity (Wildman–Crippen MR) is 179 cm³/mol. The van der Waals surface area contributed by atoms with Crippen molar-refractivity contribution in [3.63, 3.8) is 0 Å². The third-order valence-corrected chi connectivity index (χ3v) is 10.1. The fourth-order valence-electron chi connectivity index (χ4n) is 5.91. The van der Waals surface area contributed by atoms with Crippen molar-refractivity contribution in [3.8, 4) is 23.3 Å². The van der Waals surface area contributed by atoms with E-state index in [1.54, 1.807) is 23.5 Å². The van der Waals surface area contributed by atoms with Crippen molar-refractivity contribution in [2.24, 2.45) is 0 Å². The lowest BCUT2D eigenvalue weighted by molar-refractivity contribution is 1.16. The SMILES string of the molecule is N#Cc1cc(-c2cc(C#N)cc(N3c4ccccc4Sc4ccccc43)c2)cc(N2c3ccccc3Sc3ccccc32)c1. The van der Waals surface area contributed by atoms with Crippen molar-refractivity contribution in [3.05, 3.63) is 145 Å². The lowest BCUT2D eigenvalue weighted by atomic mass is 9.98. The Balaban J connectivity index is 1.32. The molecule has 2 heterocycles. The van der Waals surface area contributed by atoms with Gasteiger partial charge in [-0.2, -0.15) is 10.5 Å². The Morgan fingerprint density at radius 2 is 0.727 bits per heavy atom. The number of para-hydroxylation sites is 4. The second-order valence-electron chi connectivity index (χ2n) is 10.5. The zero-order chi connectivity index (χ0) is 29.6. The predicted octanol–water partition coefficient (Wildman–Crippen LogP) is 11.0. The first-order chi connectivity index (χ1) is 21.7. The summed E-state index contributed by atoms with van der Waals surface area (Å²) in [5.41, 5.74) is 8.94. The number of hydrogen-bond donors (Lipinski definition) is 0. The topological polar surface area (TPSA) is 54.1 Å². The highest BCUT2D eigenvalue weighted by Gasteiger charge is 2.27. The maximum Gasteiger partial charge on any atom is 0.0992 e. The zero-order valence-electron chi connectivity index (χ0n) is 23.3. The van der Waals surface area contributed by atoms with E-state index in [0.29, 0.717) is 11.1 Å². The molecule has 44 heavy (non-hydrogen) atoms. The summed E-state index contributed by atoms with van der Waals surface area (Å²) in [4.78, 5) is 9.09. The quantitative estimate of drug-likeness (QED) is 0.202. The van der Waals surface area contributed by atoms with Crippen molar-refractivity contribution in [2.75, 3.05) is 9.80 Å². The maximum absolute atomic E-state index is 10.2. The van der Waals surface area contributed by atoms with Crippen molar-refractivity contribution >= 4 is 57.6 Å². The summed E-state index contributed by atoms with van der Waals surface area (Å²) in [5, 5.41) is 20.3. The molecule has 0 radical (unpaired) electrons. The third kappa shape index (κ3) is 4.41. The molecule has 0 fully saturated rings. The second kappa shape index (κ2) is 10.7. The molecule has 8 rings (SSSR count). The van der Waals surface area contributed by atoms with Gasteiger partial charge in [0, 0.05) is 31.0 Å². The molecule has 206 valence electrons. The molecule has 0 amide bonds. The van der Waals surface area contributed by atoms with Crippen molar-refractivity contribution in [1.29, 1.82) is 10.5 Å². The average molecular weight is 599 g/mol. The molecule has 0 unspecified atom stereocenters. The second-order valence-corrected chi connectivity index (χ2v) is 12.7. The Bertz CT molecular complexity index is 1950. The normalized spacial score (nSPS) is 12.7. The van der Waals surface area contributed by atoms with Gasteiger partial charge >= 0.3 is 0 Å². The van der Waals surface area contributed by atoms with Crippen molar-refractivity contribution in [2.45, 2.75) is 19.6 Å². The van der Waals surface area contributed by atoms with E-state index >= 15 is 0 Å². The molecule has 6 aromatic rings. The molecule has 4 nitrogen and oxygen atoms in total. The highest BCUT2D eigenvalue weighted by molar-refractivity contribution is 8.00. The summed E-state index contributed by atoms with van der Waals surface area (Å²) >= 11 is 3.51. The minimum atomic E-state index is 0.555. The average Bonchev–Trinajstić information content (AvgIpc) is 3.09. The van der Waals surface area contributed by atoms with Gasteiger partial charge < -0.3 is 9.80 Å². The van der Waals surface area contributed by atoms with Gasteiger partial charge in [-0.1, -0.05) is 72.1 Å². The fourth-order valence-corrected chi connectivity index (χ4v) is 8.02. The Morgan fingerprint density at radius 1 is 0.409 bits per heavy atom. The van der Waals surface area contributed by atoms with E-state index in [0.717, 1.165) is 64.8 Å². The summed E-state index contributed by atoms with van der Waals surface area (Å²) in [6, 6.07) is 50.1. The van der Waals surface area contributed by atoms with Gasteiger partial charge in [-0.05, 0) is 96.1 Å². The standard InChI is InChI=1S/C38H22N4S2/c39-23-25-17-27(21-29(19-25)41-31-9-1-5-13-35(31)43-36-14-6-2-10-32(36)41)28-18-26(24-40)20-30(22-28)42-33-11-3-7-15-37(33)44-38-16-8-4-12-34(38)42/h1-22H. The Morgan fingerprint density at radius 3 is 1.05 bits per heavy atom. The van der Waals surface area contributed by atoms with Crippen LogP contribution < -0.4 is 9.80 Å². The van der Waals surface area contributed by atoms with E-state index in [9.17, 15) is 10.5 Å². The number of fused-ring (bicyclic) bond motifs is 4. The maximum atomic E-state index is 10.2. The highest BCUT2D eigenvalue weighted by Crippen LogP contribution is 2.53. The van der Waals surface area contributed by atoms with Crippen LogP contribution in [0.5, 0.6) is 0 Å². The zero-order valence-corrected chi connectivity index (χ0v) is 24.9. The largest absolute Gasteiger partial charge is 0.308 e. The number of hydrogen-bond acceptors (Lipinski definition) is 6. The van der Waals surface area contributed by atoms with E-state index in [-0.39, 0.29) is 0 Å². The van der Waals surface area contributed by atoms with Crippen LogP contribution in [0.25, 0.3) is 11.1 Å². The highest BCUT2D eigenvalue weighted by atomic mass is 32.2. The van der Waals surface area contributed by atoms with Crippen molar-refractivity contribution in [1.82, 2.24) is 0 Å². The van der Waals surface area contributed by atoms with Crippen LogP contribution in [0.15, 0.2) is 153 Å². The first-order valence-corrected chi connectivity index (χ1v) is 15.8. The van der Waals surface area contributed by atoms with E-state index in [4.69, 9.17) is 0 Å². The molecular weight excluding hydrogens is 577 g/mol. The molecule has 0 spiro atoms. The first-order valence-electron chi connectivity index (χ1n) is 14.1. The van der Waals surface area contributed by atoms with Crippen LogP contribution in [0, 0.1) is 22.7 Å². The van der Waals surface area contributed by atoms with E-state index in [2.05, 4.69) is 107 Å². The Kier molecular flexibility index (Phi) is 6.38. The molecule has 6 heteroatoms. The summed E-state index contributed by atoms with van der Waals surface area (Å²) in [6.45, 7) is 0. The van der Waals surface area contributed by atoms with Gasteiger partial charge in [-0.15, -0.1) is 0 Å². The molecular formula is C38H22N4S2. The van der Waals surface area contributed by atoms with Gasteiger partial charge in [-0.25, -0.2) is 0 Å². The van der Waals surface area contributed by atoms with Crippen LogP contribution in [0.2, 0.25) is 0 Å². The van der Waals surface area contributed by atoms with E-state index in [1.165, 1.54) is 0 Å². The lowest BCUT2D eigenvalue weighted by Gasteiger charge is -2.33. The summed E-state index contributed by atoms with van der Waals surface area (Å²) in [6.07, 6.45) is 0. The van der Waals surface area contributed by atoms with Gasteiger partial charge in [0.05, 0.1) is 46.0 Å². The van der Waals surface area contributed by atoms with Gasteiger partial charge in [0.2, 0.25) is 0 Å². The summed E-state index contributed by atoms with van der Waals surface area (Å²) < 4.78 is 0. The number of nitrogens with zero attached hydrogens (tertiary/aromatic N) is 4. The van der Waals surface area contributed by atoms with Crippen LogP contribution in [0.4, 0.5) is 34.1 Å². The Hall–Kier alpha value is -5.40. The molecule has 0 saturated heterocycles. The van der Waals surface area contributed by atoms with Gasteiger partial charge in [0.1, 0.15) is 0 Å². The van der Waals surface area contributed by atoms with Crippen LogP contribution in [-0.2, 0) is 0 Å². The lowest BCUT2D eigenvalue weighted by Crippen LogP contribution is -2.15. The number of anilines is 6. The molecule has 0 N–H and O–H groups in total. The number of benzene rings is 6. The van der Waals surface area contributed by atoms with E-state index < -0.39 is 0 Å². The molecule has 0 bridgehead atoms. The summed E-state index contributed by atoms with van der Waals surface area (Å²) in [5.74, 6) is 0. The van der Waals surface area contributed by atoms with Crippen LogP contribution in [0.3, 0.4) is 0 Å². The van der Waals surface area contributed by atoms with E-state index in [1.807, 2.05) is 48.5 Å². The number of nitriles is 2. The third-order valence-electron chi connectivity index (χ3n) is 7.81. The fraction of sp³-hybridized carbons (Fsp3) is 0. The smallest absolute Gasteiger partial charge is 0.0992 e. The Labute approximate surface area is 264 Å². The number of rotatable bonds is 3. The van der Waals surface area contributed by atoms with Crippen molar-refractivity contribution < 1.29 is 0 Å². The monoisotopic (exact) mass is 598 g/mol. The minimum absolute atomic E-state index is 0.555. The molecule has 6 aromatic carbocycles. The van der Waals surface area contributed by atoms with Gasteiger partial charge in [0.25, 0.3) is 0 Å². The molecule has 2 aliphatic heterocycles. The van der Waals surface area contributed by atoms with Gasteiger partial charge in [0.15, 0.2) is 0 Å². The first kappa shape index (κ1) is 26.2. The van der Waals surface area contributed by atoms with Crippen LogP contribution in [0.1, 0.15) is 11.1 Å². The summed E-state index contributed by atoms with van der Waals surface area (Å²) in [7, 11) is 0. The van der Waals surface area contributed by atoms with Gasteiger partial charge in [-0.3, -0.25) is 0 Å².